The number of anilines is 2. The van der Waals surface area contributed by atoms with Crippen LogP contribution in [0.3, 0.4) is 0 Å². The molecule has 0 spiro atoms. The molecule has 2 fully saturated rings. The third-order valence-corrected chi connectivity index (χ3v) is 6.99. The molecule has 2 saturated heterocycles. The molecule has 3 heterocycles. The Kier molecular flexibility index (Phi) is 8.17. The van der Waals surface area contributed by atoms with E-state index in [4.69, 9.17) is 16.3 Å². The van der Waals surface area contributed by atoms with E-state index in [-0.39, 0.29) is 17.6 Å². The Bertz CT molecular complexity index is 959. The van der Waals surface area contributed by atoms with Crippen molar-refractivity contribution in [3.8, 4) is 11.1 Å². The maximum atomic E-state index is 14.5. The number of benzene rings is 1. The number of nitrogens with one attached hydrogen (secondary N) is 3. The molecule has 2 aliphatic rings. The fourth-order valence-electron chi connectivity index (χ4n) is 4.48. The fourth-order valence-corrected chi connectivity index (χ4v) is 4.69. The van der Waals surface area contributed by atoms with E-state index in [0.717, 1.165) is 50.9 Å². The van der Waals surface area contributed by atoms with E-state index in [9.17, 15) is 9.18 Å². The summed E-state index contributed by atoms with van der Waals surface area (Å²) in [5.74, 6) is 0.476. The second-order valence-corrected chi connectivity index (χ2v) is 9.36. The first kappa shape index (κ1) is 23.9. The van der Waals surface area contributed by atoms with Crippen molar-refractivity contribution in [3.63, 3.8) is 0 Å². The highest BCUT2D eigenvalue weighted by molar-refractivity contribution is 6.33. The van der Waals surface area contributed by atoms with Crippen molar-refractivity contribution in [2.45, 2.75) is 45.1 Å². The van der Waals surface area contributed by atoms with Gasteiger partial charge in [-0.2, -0.15) is 0 Å². The number of piperidine rings is 1. The monoisotopic (exact) mass is 474 g/mol. The van der Waals surface area contributed by atoms with Gasteiger partial charge in [0.25, 0.3) is 0 Å². The average Bonchev–Trinajstić information content (AvgIpc) is 2.85. The molecule has 1 aromatic heterocycles. The van der Waals surface area contributed by atoms with Gasteiger partial charge >= 0.3 is 0 Å². The molecule has 0 saturated carbocycles. The van der Waals surface area contributed by atoms with Crippen LogP contribution in [0.25, 0.3) is 11.1 Å². The Morgan fingerprint density at radius 2 is 2.06 bits per heavy atom. The molecule has 6 nitrogen and oxygen atoms in total. The van der Waals surface area contributed by atoms with Crippen molar-refractivity contribution >= 4 is 29.0 Å². The minimum absolute atomic E-state index is 0.0456. The van der Waals surface area contributed by atoms with Gasteiger partial charge in [0.2, 0.25) is 5.91 Å². The van der Waals surface area contributed by atoms with Gasteiger partial charge in [-0.3, -0.25) is 4.79 Å². The van der Waals surface area contributed by atoms with Crippen LogP contribution in [-0.2, 0) is 9.53 Å². The summed E-state index contributed by atoms with van der Waals surface area (Å²) in [5.41, 5.74) is 1.90. The summed E-state index contributed by atoms with van der Waals surface area (Å²) in [6, 6.07) is 7.13. The number of aromatic nitrogens is 1. The van der Waals surface area contributed by atoms with Crippen molar-refractivity contribution in [3.05, 3.63) is 41.3 Å². The van der Waals surface area contributed by atoms with Gasteiger partial charge in [-0.1, -0.05) is 24.6 Å². The molecule has 0 aliphatic carbocycles. The Balaban J connectivity index is 1.45. The smallest absolute Gasteiger partial charge is 0.229 e. The highest BCUT2D eigenvalue weighted by atomic mass is 35.5. The number of halogens is 2. The molecule has 178 valence electrons. The molecule has 4 rings (SSSR count). The molecular weight excluding hydrogens is 443 g/mol. The summed E-state index contributed by atoms with van der Waals surface area (Å²) in [6.45, 7) is 5.03. The lowest BCUT2D eigenvalue weighted by Gasteiger charge is -2.28. The van der Waals surface area contributed by atoms with Gasteiger partial charge in [0.15, 0.2) is 0 Å². The summed E-state index contributed by atoms with van der Waals surface area (Å²) in [4.78, 5) is 17.0. The van der Waals surface area contributed by atoms with Crippen LogP contribution in [0.1, 0.15) is 39.0 Å². The molecule has 2 aromatic rings. The molecule has 2 atom stereocenters. The van der Waals surface area contributed by atoms with E-state index in [1.807, 2.05) is 0 Å². The zero-order chi connectivity index (χ0) is 23.2. The van der Waals surface area contributed by atoms with Crippen LogP contribution in [0, 0.1) is 17.7 Å². The van der Waals surface area contributed by atoms with Gasteiger partial charge in [-0.05, 0) is 61.8 Å². The predicted molar refractivity (Wildman–Crippen MR) is 130 cm³/mol. The second kappa shape index (κ2) is 11.3. The number of carbonyl (C=O) groups is 1. The van der Waals surface area contributed by atoms with Crippen LogP contribution < -0.4 is 16.0 Å². The minimum atomic E-state index is -0.306. The van der Waals surface area contributed by atoms with E-state index in [1.54, 1.807) is 18.2 Å². The summed E-state index contributed by atoms with van der Waals surface area (Å²) in [6.07, 6.45) is 6.40. The van der Waals surface area contributed by atoms with Gasteiger partial charge in [0.1, 0.15) is 11.6 Å². The quantitative estimate of drug-likeness (QED) is 0.520. The summed E-state index contributed by atoms with van der Waals surface area (Å²) in [7, 11) is 0. The summed E-state index contributed by atoms with van der Waals surface area (Å²) >= 11 is 6.43. The Hall–Kier alpha value is -2.22. The molecule has 0 radical (unpaired) electrons. The number of amides is 1. The lowest BCUT2D eigenvalue weighted by Crippen LogP contribution is -2.43. The predicted octanol–water partition coefficient (Wildman–Crippen LogP) is 5.10. The third kappa shape index (κ3) is 6.22. The fraction of sp³-hybridized carbons (Fsp3) is 0.520. The molecule has 1 aromatic carbocycles. The van der Waals surface area contributed by atoms with Gasteiger partial charge in [-0.15, -0.1) is 0 Å². The van der Waals surface area contributed by atoms with Crippen LogP contribution in [0.4, 0.5) is 15.9 Å². The number of nitrogens with zero attached hydrogens (tertiary/aromatic N) is 1. The highest BCUT2D eigenvalue weighted by Crippen LogP contribution is 2.32. The van der Waals surface area contributed by atoms with Crippen LogP contribution in [0.5, 0.6) is 0 Å². The first-order valence-electron chi connectivity index (χ1n) is 11.8. The zero-order valence-electron chi connectivity index (χ0n) is 19.0. The second-order valence-electron chi connectivity index (χ2n) is 8.96. The van der Waals surface area contributed by atoms with Crippen LogP contribution >= 0.6 is 11.6 Å². The van der Waals surface area contributed by atoms with E-state index >= 15 is 0 Å². The van der Waals surface area contributed by atoms with Crippen molar-refractivity contribution in [1.82, 2.24) is 10.3 Å². The number of carbonyl (C=O) groups excluding carboxylic acids is 1. The average molecular weight is 475 g/mol. The molecule has 2 aliphatic heterocycles. The van der Waals surface area contributed by atoms with E-state index < -0.39 is 0 Å². The molecule has 33 heavy (non-hydrogen) atoms. The first-order chi connectivity index (χ1) is 16.0. The van der Waals surface area contributed by atoms with Gasteiger partial charge in [-0.25, -0.2) is 9.37 Å². The van der Waals surface area contributed by atoms with Crippen LogP contribution in [-0.4, -0.2) is 43.2 Å². The first-order valence-corrected chi connectivity index (χ1v) is 12.2. The lowest BCUT2D eigenvalue weighted by molar-refractivity contribution is -0.120. The number of ether oxygens (including phenoxy) is 1. The van der Waals surface area contributed by atoms with Crippen molar-refractivity contribution in [2.24, 2.45) is 11.8 Å². The highest BCUT2D eigenvalue weighted by Gasteiger charge is 2.25. The van der Waals surface area contributed by atoms with Gasteiger partial charge in [0.05, 0.1) is 16.6 Å². The number of hydrogen-bond acceptors (Lipinski definition) is 5. The van der Waals surface area contributed by atoms with E-state index in [0.29, 0.717) is 47.1 Å². The maximum Gasteiger partial charge on any atom is 0.229 e. The largest absolute Gasteiger partial charge is 0.382 e. The summed E-state index contributed by atoms with van der Waals surface area (Å²) < 4.78 is 19.9. The van der Waals surface area contributed by atoms with Crippen LogP contribution in [0.15, 0.2) is 30.5 Å². The molecule has 2 unspecified atom stereocenters. The zero-order valence-corrected chi connectivity index (χ0v) is 19.8. The van der Waals surface area contributed by atoms with Crippen molar-refractivity contribution < 1.29 is 13.9 Å². The lowest BCUT2D eigenvalue weighted by atomic mass is 9.93. The van der Waals surface area contributed by atoms with Crippen molar-refractivity contribution in [2.75, 3.05) is 36.9 Å². The summed E-state index contributed by atoms with van der Waals surface area (Å²) in [5, 5.41) is 10.0. The molecule has 1 amide bonds. The number of pyridine rings is 1. The van der Waals surface area contributed by atoms with Gasteiger partial charge in [0, 0.05) is 44.1 Å². The number of rotatable bonds is 7. The van der Waals surface area contributed by atoms with Gasteiger partial charge < -0.3 is 20.7 Å². The normalized spacial score (nSPS) is 21.5. The maximum absolute atomic E-state index is 14.5. The molecule has 8 heteroatoms. The molecular formula is C25H32ClFN4O2. The Morgan fingerprint density at radius 3 is 2.79 bits per heavy atom. The van der Waals surface area contributed by atoms with Crippen LogP contribution in [0.2, 0.25) is 5.02 Å². The third-order valence-electron chi connectivity index (χ3n) is 6.69. The molecule has 0 bridgehead atoms. The Morgan fingerprint density at radius 1 is 1.24 bits per heavy atom. The van der Waals surface area contributed by atoms with Crippen molar-refractivity contribution in [1.29, 1.82) is 0 Å². The minimum Gasteiger partial charge on any atom is -0.382 e. The Labute approximate surface area is 199 Å². The van der Waals surface area contributed by atoms with E-state index in [2.05, 4.69) is 27.9 Å². The SMILES string of the molecule is CCC1CCC(C(=O)Nc2cc(-c3ccc(F)c(NCC4CCOCC4)c3)c(Cl)cn2)CN1. The standard InChI is InChI=1S/C25H32ClFN4O2/c1-2-19-5-3-18(14-28-19)25(32)31-24-12-20(21(26)15-30-24)17-4-6-22(27)23(11-17)29-13-16-7-9-33-10-8-16/h4,6,11-12,15-16,18-19,28-29H,2-3,5,7-10,13-14H2,1H3,(H,30,31,32). The molecule has 3 N–H and O–H groups in total. The van der Waals surface area contributed by atoms with E-state index in [1.165, 1.54) is 12.3 Å². The number of hydrogen-bond donors (Lipinski definition) is 3. The topological polar surface area (TPSA) is 75.3 Å².